The van der Waals surface area contributed by atoms with Crippen LogP contribution in [0.5, 0.6) is 5.75 Å². The molecule has 0 heterocycles. The third-order valence-electron chi connectivity index (χ3n) is 3.00. The zero-order chi connectivity index (χ0) is 14.9. The molecule has 0 saturated carbocycles. The van der Waals surface area contributed by atoms with Crippen molar-refractivity contribution in [2.45, 2.75) is 13.8 Å². The molecule has 3 nitrogen and oxygen atoms in total. The molecule has 0 atom stereocenters. The number of anilines is 1. The minimum absolute atomic E-state index is 0.0970. The van der Waals surface area contributed by atoms with Gasteiger partial charge in [0, 0.05) is 11.3 Å². The van der Waals surface area contributed by atoms with E-state index < -0.39 is 0 Å². The van der Waals surface area contributed by atoms with Gasteiger partial charge in [0.25, 0.3) is 5.91 Å². The van der Waals surface area contributed by atoms with Gasteiger partial charge in [0.2, 0.25) is 0 Å². The molecule has 2 aromatic rings. The molecule has 0 aliphatic rings. The summed E-state index contributed by atoms with van der Waals surface area (Å²) in [6, 6.07) is 8.68. The van der Waals surface area contributed by atoms with Crippen LogP contribution in [-0.2, 0) is 0 Å². The zero-order valence-corrected chi connectivity index (χ0v) is 12.5. The van der Waals surface area contributed by atoms with E-state index in [0.29, 0.717) is 16.8 Å². The van der Waals surface area contributed by atoms with Gasteiger partial charge in [-0.05, 0) is 37.6 Å². The van der Waals surface area contributed by atoms with Crippen molar-refractivity contribution in [2.75, 3.05) is 5.32 Å². The molecule has 0 saturated heterocycles. The molecular weight excluding hydrogens is 297 g/mol. The van der Waals surface area contributed by atoms with Crippen LogP contribution in [0.25, 0.3) is 0 Å². The van der Waals surface area contributed by atoms with E-state index in [-0.39, 0.29) is 21.7 Å². The zero-order valence-electron chi connectivity index (χ0n) is 11.0. The highest BCUT2D eigenvalue weighted by molar-refractivity contribution is 6.38. The Morgan fingerprint density at radius 1 is 1.15 bits per heavy atom. The van der Waals surface area contributed by atoms with Crippen LogP contribution in [0.1, 0.15) is 21.5 Å². The standard InChI is InChI=1S/C15H13Cl2NO2/c1-8-3-5-10(6-4-8)15(20)18-12-7-11(16)14(19)13(17)9(12)2/h3-7,19H,1-2H3,(H,18,20). The van der Waals surface area contributed by atoms with Crippen molar-refractivity contribution in [3.63, 3.8) is 0 Å². The highest BCUT2D eigenvalue weighted by Crippen LogP contribution is 2.38. The number of phenols is 1. The maximum atomic E-state index is 12.1. The van der Waals surface area contributed by atoms with Gasteiger partial charge in [0.15, 0.2) is 5.75 Å². The largest absolute Gasteiger partial charge is 0.505 e. The molecule has 0 radical (unpaired) electrons. The second-order valence-corrected chi connectivity index (χ2v) is 5.30. The lowest BCUT2D eigenvalue weighted by Gasteiger charge is -2.12. The Balaban J connectivity index is 2.31. The van der Waals surface area contributed by atoms with E-state index in [9.17, 15) is 9.90 Å². The van der Waals surface area contributed by atoms with Crippen LogP contribution in [0.2, 0.25) is 10.0 Å². The second-order valence-electron chi connectivity index (χ2n) is 4.51. The van der Waals surface area contributed by atoms with Gasteiger partial charge in [-0.15, -0.1) is 0 Å². The Bertz CT molecular complexity index is 667. The van der Waals surface area contributed by atoms with Crippen LogP contribution in [0.3, 0.4) is 0 Å². The average molecular weight is 310 g/mol. The van der Waals surface area contributed by atoms with E-state index in [0.717, 1.165) is 5.56 Å². The molecule has 0 aromatic heterocycles. The number of benzene rings is 2. The molecule has 0 unspecified atom stereocenters. The second kappa shape index (κ2) is 5.73. The van der Waals surface area contributed by atoms with E-state index in [1.54, 1.807) is 19.1 Å². The van der Waals surface area contributed by atoms with Crippen molar-refractivity contribution < 1.29 is 9.90 Å². The van der Waals surface area contributed by atoms with Crippen LogP contribution in [0.15, 0.2) is 30.3 Å². The number of hydrogen-bond donors (Lipinski definition) is 2. The number of carbonyl (C=O) groups excluding carboxylic acids is 1. The lowest BCUT2D eigenvalue weighted by molar-refractivity contribution is 0.102. The minimum Gasteiger partial charge on any atom is -0.505 e. The van der Waals surface area contributed by atoms with Gasteiger partial charge in [0.05, 0.1) is 10.0 Å². The van der Waals surface area contributed by atoms with E-state index in [1.165, 1.54) is 6.07 Å². The summed E-state index contributed by atoms with van der Waals surface area (Å²) in [7, 11) is 0. The number of aryl methyl sites for hydroxylation is 1. The first kappa shape index (κ1) is 14.7. The Kier molecular flexibility index (Phi) is 4.21. The summed E-state index contributed by atoms with van der Waals surface area (Å²) in [6.07, 6.45) is 0. The summed E-state index contributed by atoms with van der Waals surface area (Å²) < 4.78 is 0. The van der Waals surface area contributed by atoms with Crippen LogP contribution >= 0.6 is 23.2 Å². The Labute approximate surface area is 127 Å². The first-order chi connectivity index (χ1) is 9.40. The van der Waals surface area contributed by atoms with Gasteiger partial charge < -0.3 is 10.4 Å². The summed E-state index contributed by atoms with van der Waals surface area (Å²) >= 11 is 11.8. The Hall–Kier alpha value is -1.71. The summed E-state index contributed by atoms with van der Waals surface area (Å²) in [5.41, 5.74) is 2.65. The molecule has 20 heavy (non-hydrogen) atoms. The summed E-state index contributed by atoms with van der Waals surface area (Å²) in [5, 5.41) is 12.6. The number of nitrogens with one attached hydrogen (secondary N) is 1. The number of rotatable bonds is 2. The fourth-order valence-corrected chi connectivity index (χ4v) is 2.19. The van der Waals surface area contributed by atoms with Crippen molar-refractivity contribution >= 4 is 34.8 Å². The molecule has 2 aromatic carbocycles. The summed E-state index contributed by atoms with van der Waals surface area (Å²) in [4.78, 5) is 12.1. The molecule has 0 bridgehead atoms. The van der Waals surface area contributed by atoms with E-state index in [4.69, 9.17) is 23.2 Å². The molecule has 5 heteroatoms. The normalized spacial score (nSPS) is 10.4. The third kappa shape index (κ3) is 2.89. The molecule has 0 spiro atoms. The van der Waals surface area contributed by atoms with Crippen LogP contribution in [0.4, 0.5) is 5.69 Å². The summed E-state index contributed by atoms with van der Waals surface area (Å²) in [5.74, 6) is -0.440. The number of amides is 1. The number of phenolic OH excluding ortho intramolecular Hbond substituents is 1. The molecule has 0 aliphatic heterocycles. The molecular formula is C15H13Cl2NO2. The average Bonchev–Trinajstić information content (AvgIpc) is 2.43. The quantitative estimate of drug-likeness (QED) is 0.798. The number of carbonyl (C=O) groups is 1. The molecule has 2 rings (SSSR count). The number of halogens is 2. The maximum Gasteiger partial charge on any atom is 0.255 e. The van der Waals surface area contributed by atoms with Crippen molar-refractivity contribution in [1.82, 2.24) is 0 Å². The molecule has 2 N–H and O–H groups in total. The molecule has 0 aliphatic carbocycles. The van der Waals surface area contributed by atoms with E-state index in [1.807, 2.05) is 19.1 Å². The number of hydrogen-bond acceptors (Lipinski definition) is 2. The fourth-order valence-electron chi connectivity index (χ4n) is 1.73. The van der Waals surface area contributed by atoms with Crippen molar-refractivity contribution in [3.05, 3.63) is 57.1 Å². The minimum atomic E-state index is -0.258. The van der Waals surface area contributed by atoms with E-state index >= 15 is 0 Å². The molecule has 1 amide bonds. The van der Waals surface area contributed by atoms with Gasteiger partial charge in [-0.1, -0.05) is 40.9 Å². The first-order valence-corrected chi connectivity index (χ1v) is 6.71. The molecule has 0 fully saturated rings. The fraction of sp³-hybridized carbons (Fsp3) is 0.133. The van der Waals surface area contributed by atoms with Gasteiger partial charge in [0.1, 0.15) is 0 Å². The predicted octanol–water partition coefficient (Wildman–Crippen LogP) is 4.57. The first-order valence-electron chi connectivity index (χ1n) is 5.95. The van der Waals surface area contributed by atoms with Crippen molar-refractivity contribution in [2.24, 2.45) is 0 Å². The Morgan fingerprint density at radius 3 is 2.35 bits per heavy atom. The lowest BCUT2D eigenvalue weighted by atomic mass is 10.1. The Morgan fingerprint density at radius 2 is 1.75 bits per heavy atom. The highest BCUT2D eigenvalue weighted by atomic mass is 35.5. The topological polar surface area (TPSA) is 49.3 Å². The highest BCUT2D eigenvalue weighted by Gasteiger charge is 2.14. The van der Waals surface area contributed by atoms with Crippen molar-refractivity contribution in [3.8, 4) is 5.75 Å². The van der Waals surface area contributed by atoms with Gasteiger partial charge in [-0.2, -0.15) is 0 Å². The maximum absolute atomic E-state index is 12.1. The van der Waals surface area contributed by atoms with Gasteiger partial charge in [-0.25, -0.2) is 0 Å². The van der Waals surface area contributed by atoms with Crippen LogP contribution in [-0.4, -0.2) is 11.0 Å². The van der Waals surface area contributed by atoms with Gasteiger partial charge >= 0.3 is 0 Å². The monoisotopic (exact) mass is 309 g/mol. The van der Waals surface area contributed by atoms with Gasteiger partial charge in [-0.3, -0.25) is 4.79 Å². The molecule has 104 valence electrons. The SMILES string of the molecule is Cc1ccc(C(=O)Nc2cc(Cl)c(O)c(Cl)c2C)cc1. The van der Waals surface area contributed by atoms with Crippen molar-refractivity contribution in [1.29, 1.82) is 0 Å². The summed E-state index contributed by atoms with van der Waals surface area (Å²) in [6.45, 7) is 3.65. The smallest absolute Gasteiger partial charge is 0.255 e. The van der Waals surface area contributed by atoms with E-state index in [2.05, 4.69) is 5.32 Å². The third-order valence-corrected chi connectivity index (χ3v) is 3.75. The lowest BCUT2D eigenvalue weighted by Crippen LogP contribution is -2.12. The number of aromatic hydroxyl groups is 1. The predicted molar refractivity (Wildman–Crippen MR) is 82.0 cm³/mol. The van der Waals surface area contributed by atoms with Crippen LogP contribution < -0.4 is 5.32 Å². The van der Waals surface area contributed by atoms with Crippen LogP contribution in [0, 0.1) is 13.8 Å².